The van der Waals surface area contributed by atoms with Gasteiger partial charge < -0.3 is 10.1 Å². The van der Waals surface area contributed by atoms with Crippen molar-refractivity contribution in [3.63, 3.8) is 0 Å². The summed E-state index contributed by atoms with van der Waals surface area (Å²) in [6, 6.07) is 0. The van der Waals surface area contributed by atoms with E-state index in [0.717, 1.165) is 25.1 Å². The molecule has 6 nitrogen and oxygen atoms in total. The van der Waals surface area contributed by atoms with Crippen molar-refractivity contribution in [2.45, 2.75) is 33.7 Å². The van der Waals surface area contributed by atoms with E-state index in [-0.39, 0.29) is 0 Å². The Labute approximate surface area is 112 Å². The zero-order chi connectivity index (χ0) is 13.7. The van der Waals surface area contributed by atoms with Crippen molar-refractivity contribution in [1.82, 2.24) is 19.7 Å². The molecule has 1 N–H and O–H groups in total. The van der Waals surface area contributed by atoms with Crippen LogP contribution >= 0.6 is 0 Å². The van der Waals surface area contributed by atoms with Gasteiger partial charge in [-0.25, -0.2) is 4.98 Å². The van der Waals surface area contributed by atoms with Gasteiger partial charge in [-0.05, 0) is 20.3 Å². The highest BCUT2D eigenvalue weighted by Crippen LogP contribution is 2.22. The minimum absolute atomic E-state index is 0.557. The van der Waals surface area contributed by atoms with E-state index in [1.54, 1.807) is 12.4 Å². The summed E-state index contributed by atoms with van der Waals surface area (Å²) in [6.07, 6.45) is 6.36. The van der Waals surface area contributed by atoms with Crippen LogP contribution in [0.4, 0.5) is 5.95 Å². The van der Waals surface area contributed by atoms with E-state index >= 15 is 0 Å². The number of rotatable bonds is 6. The summed E-state index contributed by atoms with van der Waals surface area (Å²) >= 11 is 0. The Balaban J connectivity index is 2.14. The first-order chi connectivity index (χ1) is 9.22. The van der Waals surface area contributed by atoms with Gasteiger partial charge in [0, 0.05) is 24.8 Å². The number of ether oxygens (including phenoxy) is 1. The van der Waals surface area contributed by atoms with E-state index < -0.39 is 0 Å². The van der Waals surface area contributed by atoms with Crippen molar-refractivity contribution in [3.8, 4) is 11.6 Å². The fourth-order valence-electron chi connectivity index (χ4n) is 1.63. The summed E-state index contributed by atoms with van der Waals surface area (Å²) in [4.78, 5) is 8.51. The lowest BCUT2D eigenvalue weighted by Crippen LogP contribution is -2.03. The molecular formula is C13H19N5O. The van der Waals surface area contributed by atoms with Gasteiger partial charge in [-0.3, -0.25) is 4.68 Å². The molecule has 2 rings (SSSR count). The number of aromatic nitrogens is 4. The molecule has 102 valence electrons. The zero-order valence-corrected chi connectivity index (χ0v) is 11.6. The monoisotopic (exact) mass is 261 g/mol. The Bertz CT molecular complexity index is 538. The highest BCUT2D eigenvalue weighted by molar-refractivity contribution is 5.34. The standard InChI is InChI=1S/C13H19N5O/c1-4-6-18-9-11(8-16-18)19-12-10(3)7-15-13(17-12)14-5-2/h7-9H,4-6H2,1-3H3,(H,14,15,17). The number of anilines is 1. The molecule has 0 atom stereocenters. The summed E-state index contributed by atoms with van der Waals surface area (Å²) in [6.45, 7) is 7.69. The van der Waals surface area contributed by atoms with Crippen LogP contribution in [0.15, 0.2) is 18.6 Å². The highest BCUT2D eigenvalue weighted by atomic mass is 16.5. The van der Waals surface area contributed by atoms with Gasteiger partial charge in [-0.1, -0.05) is 6.92 Å². The molecule has 0 saturated heterocycles. The zero-order valence-electron chi connectivity index (χ0n) is 11.6. The van der Waals surface area contributed by atoms with Gasteiger partial charge >= 0.3 is 0 Å². The molecule has 0 saturated carbocycles. The minimum Gasteiger partial charge on any atom is -0.435 e. The minimum atomic E-state index is 0.557. The first kappa shape index (κ1) is 13.3. The fraction of sp³-hybridized carbons (Fsp3) is 0.462. The molecule has 0 aliphatic heterocycles. The lowest BCUT2D eigenvalue weighted by molar-refractivity contribution is 0.456. The second-order valence-electron chi connectivity index (χ2n) is 4.25. The van der Waals surface area contributed by atoms with Gasteiger partial charge in [0.15, 0.2) is 5.75 Å². The predicted molar refractivity (Wildman–Crippen MR) is 73.5 cm³/mol. The average Bonchev–Trinajstić information content (AvgIpc) is 2.82. The van der Waals surface area contributed by atoms with E-state index in [1.165, 1.54) is 0 Å². The van der Waals surface area contributed by atoms with Gasteiger partial charge in [0.25, 0.3) is 0 Å². The quantitative estimate of drug-likeness (QED) is 0.866. The van der Waals surface area contributed by atoms with Crippen molar-refractivity contribution in [3.05, 3.63) is 24.2 Å². The predicted octanol–water partition coefficient (Wildman–Crippen LogP) is 2.62. The largest absolute Gasteiger partial charge is 0.435 e. The molecule has 19 heavy (non-hydrogen) atoms. The third-order valence-electron chi connectivity index (χ3n) is 2.54. The van der Waals surface area contributed by atoms with Crippen molar-refractivity contribution < 1.29 is 4.74 Å². The van der Waals surface area contributed by atoms with Crippen LogP contribution in [0.3, 0.4) is 0 Å². The van der Waals surface area contributed by atoms with Crippen LogP contribution < -0.4 is 10.1 Å². The number of nitrogens with zero attached hydrogens (tertiary/aromatic N) is 4. The van der Waals surface area contributed by atoms with Crippen LogP contribution in [0.25, 0.3) is 0 Å². The SMILES string of the molecule is CCCn1cc(Oc2nc(NCC)ncc2C)cn1. The molecule has 0 amide bonds. The maximum Gasteiger partial charge on any atom is 0.227 e. The number of nitrogens with one attached hydrogen (secondary N) is 1. The van der Waals surface area contributed by atoms with Crippen LogP contribution in [-0.2, 0) is 6.54 Å². The number of hydrogen-bond acceptors (Lipinski definition) is 5. The van der Waals surface area contributed by atoms with Crippen LogP contribution in [0.2, 0.25) is 0 Å². The maximum atomic E-state index is 5.75. The summed E-state index contributed by atoms with van der Waals surface area (Å²) in [5.74, 6) is 1.82. The molecule has 2 heterocycles. The molecule has 6 heteroatoms. The summed E-state index contributed by atoms with van der Waals surface area (Å²) in [5.41, 5.74) is 0.893. The normalized spacial score (nSPS) is 10.5. The summed E-state index contributed by atoms with van der Waals surface area (Å²) in [5, 5.41) is 7.29. The Kier molecular flexibility index (Phi) is 4.33. The smallest absolute Gasteiger partial charge is 0.227 e. The fourth-order valence-corrected chi connectivity index (χ4v) is 1.63. The van der Waals surface area contributed by atoms with Crippen LogP contribution in [0, 0.1) is 6.92 Å². The van der Waals surface area contributed by atoms with Crippen molar-refractivity contribution >= 4 is 5.95 Å². The third kappa shape index (κ3) is 3.43. The molecule has 0 aliphatic carbocycles. The van der Waals surface area contributed by atoms with E-state index in [2.05, 4.69) is 27.3 Å². The number of aryl methyl sites for hydroxylation is 2. The van der Waals surface area contributed by atoms with E-state index in [4.69, 9.17) is 4.74 Å². The van der Waals surface area contributed by atoms with Crippen molar-refractivity contribution in [2.24, 2.45) is 0 Å². The van der Waals surface area contributed by atoms with Gasteiger partial charge in [-0.2, -0.15) is 10.1 Å². The second kappa shape index (κ2) is 6.17. The lowest BCUT2D eigenvalue weighted by atomic mass is 10.4. The third-order valence-corrected chi connectivity index (χ3v) is 2.54. The molecule has 2 aromatic heterocycles. The van der Waals surface area contributed by atoms with Gasteiger partial charge in [0.2, 0.25) is 11.8 Å². The van der Waals surface area contributed by atoms with Gasteiger partial charge in [0.05, 0.1) is 12.4 Å². The molecule has 0 spiro atoms. The first-order valence-corrected chi connectivity index (χ1v) is 6.50. The van der Waals surface area contributed by atoms with E-state index in [1.807, 2.05) is 24.7 Å². The Morgan fingerprint density at radius 3 is 2.89 bits per heavy atom. The van der Waals surface area contributed by atoms with Crippen LogP contribution in [0.1, 0.15) is 25.8 Å². The molecular weight excluding hydrogens is 242 g/mol. The molecule has 0 radical (unpaired) electrons. The van der Waals surface area contributed by atoms with E-state index in [0.29, 0.717) is 17.6 Å². The van der Waals surface area contributed by atoms with Crippen LogP contribution in [0.5, 0.6) is 11.6 Å². The molecule has 0 aliphatic rings. The van der Waals surface area contributed by atoms with Crippen molar-refractivity contribution in [2.75, 3.05) is 11.9 Å². The molecule has 0 fully saturated rings. The molecule has 0 unspecified atom stereocenters. The van der Waals surface area contributed by atoms with Gasteiger partial charge in [0.1, 0.15) is 0 Å². The van der Waals surface area contributed by atoms with E-state index in [9.17, 15) is 0 Å². The first-order valence-electron chi connectivity index (χ1n) is 6.50. The summed E-state index contributed by atoms with van der Waals surface area (Å²) < 4.78 is 7.61. The topological polar surface area (TPSA) is 64.9 Å². The number of hydrogen-bond donors (Lipinski definition) is 1. The summed E-state index contributed by atoms with van der Waals surface area (Å²) in [7, 11) is 0. The Hall–Kier alpha value is -2.11. The average molecular weight is 261 g/mol. The van der Waals surface area contributed by atoms with Crippen LogP contribution in [-0.4, -0.2) is 26.3 Å². The van der Waals surface area contributed by atoms with Crippen molar-refractivity contribution in [1.29, 1.82) is 0 Å². The van der Waals surface area contributed by atoms with Gasteiger partial charge in [-0.15, -0.1) is 0 Å². The lowest BCUT2D eigenvalue weighted by Gasteiger charge is -2.07. The molecule has 2 aromatic rings. The highest BCUT2D eigenvalue weighted by Gasteiger charge is 2.07. The maximum absolute atomic E-state index is 5.75. The Morgan fingerprint density at radius 2 is 2.16 bits per heavy atom. The molecule has 0 aromatic carbocycles. The Morgan fingerprint density at radius 1 is 1.32 bits per heavy atom. The molecule has 0 bridgehead atoms. The second-order valence-corrected chi connectivity index (χ2v) is 4.25.